The van der Waals surface area contributed by atoms with E-state index in [0.717, 1.165) is 42.5 Å². The summed E-state index contributed by atoms with van der Waals surface area (Å²) in [7, 11) is 0. The van der Waals surface area contributed by atoms with Gasteiger partial charge in [-0.3, -0.25) is 0 Å². The Morgan fingerprint density at radius 2 is 1.81 bits per heavy atom. The van der Waals surface area contributed by atoms with Crippen LogP contribution >= 0.6 is 0 Å². The normalized spacial score (nSPS) is 18.8. The highest BCUT2D eigenvalue weighted by molar-refractivity contribution is 5.77. The average molecular weight is 432 g/mol. The number of hydrogen-bond donors (Lipinski definition) is 1. The first-order valence-electron chi connectivity index (χ1n) is 11.4. The monoisotopic (exact) mass is 431 g/mol. The Hall–Kier alpha value is -2.88. The predicted molar refractivity (Wildman–Crippen MR) is 134 cm³/mol. The molecule has 0 bridgehead atoms. The molecule has 0 spiro atoms. The van der Waals surface area contributed by atoms with Crippen LogP contribution in [0.25, 0.3) is 17.0 Å². The smallest absolute Gasteiger partial charge is 0.258 e. The standard InChI is InChI=1S/C28H37N3O/c1-9-10-22-18(4)14-21(15-19(22)5)26-30-27(32-31-26)24(13-17(2)3)23-11-12-28(7,8)16-25(23)20(6)29/h9,13-15H,1,10-12,16,29H2,2-8H3/b24-23+,25-20+. The number of aryl methyl sites for hydroxylation is 2. The number of allylic oxidation sites excluding steroid dienone is 7. The number of nitrogens with two attached hydrogens (primary N) is 1. The van der Waals surface area contributed by atoms with Crippen molar-refractivity contribution in [2.75, 3.05) is 0 Å². The quantitative estimate of drug-likeness (QED) is 0.507. The molecule has 3 rings (SSSR count). The van der Waals surface area contributed by atoms with Crippen molar-refractivity contribution in [1.82, 2.24) is 10.1 Å². The van der Waals surface area contributed by atoms with Crippen LogP contribution in [0.5, 0.6) is 0 Å². The maximum absolute atomic E-state index is 6.34. The van der Waals surface area contributed by atoms with E-state index in [0.29, 0.717) is 11.7 Å². The van der Waals surface area contributed by atoms with Crippen LogP contribution < -0.4 is 5.73 Å². The second kappa shape index (κ2) is 9.32. The van der Waals surface area contributed by atoms with Gasteiger partial charge in [-0.2, -0.15) is 4.98 Å². The zero-order chi connectivity index (χ0) is 23.6. The molecule has 0 radical (unpaired) electrons. The third-order valence-corrected chi connectivity index (χ3v) is 6.26. The van der Waals surface area contributed by atoms with E-state index in [4.69, 9.17) is 15.2 Å². The van der Waals surface area contributed by atoms with Crippen LogP contribution in [0, 0.1) is 19.3 Å². The maximum Gasteiger partial charge on any atom is 0.258 e. The van der Waals surface area contributed by atoms with Crippen molar-refractivity contribution in [2.45, 2.75) is 74.1 Å². The first kappa shape index (κ1) is 23.8. The van der Waals surface area contributed by atoms with E-state index >= 15 is 0 Å². The average Bonchev–Trinajstić information content (AvgIpc) is 3.18. The molecule has 170 valence electrons. The zero-order valence-electron chi connectivity index (χ0n) is 20.7. The van der Waals surface area contributed by atoms with Crippen LogP contribution in [0.4, 0.5) is 0 Å². The molecule has 0 amide bonds. The molecule has 1 aromatic heterocycles. The number of rotatable bonds is 5. The van der Waals surface area contributed by atoms with Gasteiger partial charge in [0.05, 0.1) is 0 Å². The molecule has 0 unspecified atom stereocenters. The molecule has 32 heavy (non-hydrogen) atoms. The summed E-state index contributed by atoms with van der Waals surface area (Å²) in [5.74, 6) is 1.17. The Morgan fingerprint density at radius 3 is 2.38 bits per heavy atom. The fourth-order valence-electron chi connectivity index (χ4n) is 4.57. The lowest BCUT2D eigenvalue weighted by atomic mass is 9.71. The van der Waals surface area contributed by atoms with Crippen molar-refractivity contribution in [1.29, 1.82) is 0 Å². The Morgan fingerprint density at radius 1 is 1.16 bits per heavy atom. The van der Waals surface area contributed by atoms with Gasteiger partial charge in [-0.15, -0.1) is 6.58 Å². The van der Waals surface area contributed by atoms with Crippen molar-refractivity contribution in [3.63, 3.8) is 0 Å². The summed E-state index contributed by atoms with van der Waals surface area (Å²) < 4.78 is 5.83. The molecule has 0 saturated heterocycles. The summed E-state index contributed by atoms with van der Waals surface area (Å²) in [5.41, 5.74) is 16.8. The predicted octanol–water partition coefficient (Wildman–Crippen LogP) is 7.24. The van der Waals surface area contributed by atoms with Crippen LogP contribution in [0.1, 0.15) is 76.5 Å². The van der Waals surface area contributed by atoms with Crippen LogP contribution in [-0.4, -0.2) is 10.1 Å². The lowest BCUT2D eigenvalue weighted by Gasteiger charge is -2.34. The van der Waals surface area contributed by atoms with Crippen molar-refractivity contribution in [2.24, 2.45) is 11.1 Å². The minimum Gasteiger partial charge on any atom is -0.402 e. The van der Waals surface area contributed by atoms with Gasteiger partial charge < -0.3 is 10.3 Å². The molecular formula is C28H37N3O. The van der Waals surface area contributed by atoms with Gasteiger partial charge in [0.25, 0.3) is 5.89 Å². The molecule has 2 N–H and O–H groups in total. The zero-order valence-corrected chi connectivity index (χ0v) is 20.7. The molecule has 1 aliphatic rings. The van der Waals surface area contributed by atoms with E-state index in [2.05, 4.69) is 71.5 Å². The largest absolute Gasteiger partial charge is 0.402 e. The molecule has 1 heterocycles. The summed E-state index contributed by atoms with van der Waals surface area (Å²) in [4.78, 5) is 4.83. The van der Waals surface area contributed by atoms with Crippen LogP contribution in [-0.2, 0) is 6.42 Å². The van der Waals surface area contributed by atoms with E-state index in [1.807, 2.05) is 13.0 Å². The summed E-state index contributed by atoms with van der Waals surface area (Å²) in [5, 5.41) is 4.35. The SMILES string of the molecule is C=CCc1c(C)cc(-c2noc(/C(C=C(C)C)=C3\CCC(C)(C)C\C3=C(\C)N)n2)cc1C. The van der Waals surface area contributed by atoms with E-state index in [1.54, 1.807) is 0 Å². The highest BCUT2D eigenvalue weighted by Crippen LogP contribution is 2.45. The highest BCUT2D eigenvalue weighted by Gasteiger charge is 2.31. The molecule has 4 nitrogen and oxygen atoms in total. The lowest BCUT2D eigenvalue weighted by Crippen LogP contribution is -2.21. The van der Waals surface area contributed by atoms with Crippen molar-refractivity contribution >= 4 is 5.57 Å². The highest BCUT2D eigenvalue weighted by atomic mass is 16.5. The molecule has 1 saturated carbocycles. The molecule has 1 fully saturated rings. The molecule has 0 atom stereocenters. The Kier molecular flexibility index (Phi) is 6.92. The number of nitrogens with zero attached hydrogens (tertiary/aromatic N) is 2. The third-order valence-electron chi connectivity index (χ3n) is 6.26. The van der Waals surface area contributed by atoms with Gasteiger partial charge in [0.1, 0.15) is 0 Å². The van der Waals surface area contributed by atoms with Crippen LogP contribution in [0.15, 0.2) is 57.8 Å². The van der Waals surface area contributed by atoms with Gasteiger partial charge in [0.15, 0.2) is 0 Å². The molecule has 0 aliphatic heterocycles. The van der Waals surface area contributed by atoms with E-state index in [9.17, 15) is 0 Å². The van der Waals surface area contributed by atoms with Gasteiger partial charge in [0.2, 0.25) is 5.82 Å². The van der Waals surface area contributed by atoms with Crippen LogP contribution in [0.2, 0.25) is 0 Å². The summed E-state index contributed by atoms with van der Waals surface area (Å²) in [6.45, 7) is 18.9. The number of aromatic nitrogens is 2. The minimum atomic E-state index is 0.234. The van der Waals surface area contributed by atoms with E-state index in [1.165, 1.54) is 33.4 Å². The van der Waals surface area contributed by atoms with Gasteiger partial charge >= 0.3 is 0 Å². The van der Waals surface area contributed by atoms with E-state index in [-0.39, 0.29) is 5.41 Å². The summed E-state index contributed by atoms with van der Waals surface area (Å²) in [6, 6.07) is 4.26. The molecule has 1 aliphatic carbocycles. The van der Waals surface area contributed by atoms with Crippen molar-refractivity contribution in [3.8, 4) is 11.4 Å². The van der Waals surface area contributed by atoms with Crippen LogP contribution in [0.3, 0.4) is 0 Å². The fraction of sp³-hybridized carbons (Fsp3) is 0.429. The second-order valence-electron chi connectivity index (χ2n) is 10.1. The topological polar surface area (TPSA) is 64.9 Å². The lowest BCUT2D eigenvalue weighted by molar-refractivity contribution is 0.312. The minimum absolute atomic E-state index is 0.234. The Bertz CT molecular complexity index is 1090. The second-order valence-corrected chi connectivity index (χ2v) is 10.1. The van der Waals surface area contributed by atoms with E-state index < -0.39 is 0 Å². The Balaban J connectivity index is 2.12. The summed E-state index contributed by atoms with van der Waals surface area (Å²) >= 11 is 0. The first-order valence-corrected chi connectivity index (χ1v) is 11.4. The summed E-state index contributed by atoms with van der Waals surface area (Å²) in [6.07, 6.45) is 7.95. The maximum atomic E-state index is 6.34. The van der Waals surface area contributed by atoms with Gasteiger partial charge in [-0.1, -0.05) is 36.7 Å². The molecule has 4 heteroatoms. The third kappa shape index (κ3) is 5.12. The Labute approximate surface area is 193 Å². The van der Waals surface area contributed by atoms with Crippen molar-refractivity contribution < 1.29 is 4.52 Å². The van der Waals surface area contributed by atoms with Crippen molar-refractivity contribution in [3.05, 3.63) is 75.9 Å². The number of benzene rings is 1. The molecule has 1 aromatic carbocycles. The molecule has 2 aromatic rings. The fourth-order valence-corrected chi connectivity index (χ4v) is 4.57. The number of hydrogen-bond acceptors (Lipinski definition) is 4. The van der Waals surface area contributed by atoms with Gasteiger partial charge in [0, 0.05) is 16.8 Å². The van der Waals surface area contributed by atoms with Gasteiger partial charge in [-0.05, 0) is 106 Å². The first-order chi connectivity index (χ1) is 15.0. The molecular weight excluding hydrogens is 394 g/mol. The van der Waals surface area contributed by atoms with Gasteiger partial charge in [-0.25, -0.2) is 0 Å².